The Morgan fingerprint density at radius 2 is 2.08 bits per heavy atom. The zero-order chi connectivity index (χ0) is 17.9. The number of aromatic nitrogens is 1. The van der Waals surface area contributed by atoms with E-state index in [4.69, 9.17) is 0 Å². The first-order valence-corrected chi connectivity index (χ1v) is 8.89. The summed E-state index contributed by atoms with van der Waals surface area (Å²) >= 11 is 1.04. The molecule has 0 saturated carbocycles. The number of thiazole rings is 1. The van der Waals surface area contributed by atoms with Crippen LogP contribution in [0.2, 0.25) is 0 Å². The van der Waals surface area contributed by atoms with E-state index in [1.165, 1.54) is 11.1 Å². The van der Waals surface area contributed by atoms with Gasteiger partial charge in [-0.3, -0.25) is 4.99 Å². The topological polar surface area (TPSA) is 40.5 Å². The maximum Gasteiger partial charge on any atom is 0.434 e. The van der Waals surface area contributed by atoms with E-state index in [1.54, 1.807) is 7.05 Å². The van der Waals surface area contributed by atoms with Gasteiger partial charge in [-0.1, -0.05) is 24.3 Å². The van der Waals surface area contributed by atoms with E-state index in [9.17, 15) is 13.2 Å². The summed E-state index contributed by atoms with van der Waals surface area (Å²) in [6.45, 7) is 2.15. The molecule has 1 aliphatic rings. The second kappa shape index (κ2) is 7.43. The zero-order valence-electron chi connectivity index (χ0n) is 13.8. The highest BCUT2D eigenvalue weighted by Gasteiger charge is 2.33. The monoisotopic (exact) mass is 368 g/mol. The molecule has 1 aliphatic heterocycles. The Kier molecular flexibility index (Phi) is 5.27. The van der Waals surface area contributed by atoms with Crippen molar-refractivity contribution in [3.05, 3.63) is 51.5 Å². The van der Waals surface area contributed by atoms with Gasteiger partial charge in [-0.2, -0.15) is 13.2 Å². The third-order valence-corrected chi connectivity index (χ3v) is 5.01. The molecule has 134 valence electrons. The molecule has 0 saturated heterocycles. The maximum atomic E-state index is 12.6. The minimum absolute atomic E-state index is 0.435. The molecule has 4 nitrogen and oxygen atoms in total. The van der Waals surface area contributed by atoms with Crippen LogP contribution in [0.5, 0.6) is 0 Å². The van der Waals surface area contributed by atoms with Crippen LogP contribution in [0.25, 0.3) is 0 Å². The van der Waals surface area contributed by atoms with E-state index in [2.05, 4.69) is 32.3 Å². The summed E-state index contributed by atoms with van der Waals surface area (Å²) in [5, 5.41) is 4.76. The van der Waals surface area contributed by atoms with Gasteiger partial charge in [0.25, 0.3) is 0 Å². The van der Waals surface area contributed by atoms with Gasteiger partial charge in [-0.25, -0.2) is 4.98 Å². The first kappa shape index (κ1) is 17.7. The molecule has 0 amide bonds. The highest BCUT2D eigenvalue weighted by Crippen LogP contribution is 2.30. The summed E-state index contributed by atoms with van der Waals surface area (Å²) in [7, 11) is 1.72. The third-order valence-electron chi connectivity index (χ3n) is 4.11. The molecule has 1 aromatic carbocycles. The minimum atomic E-state index is -4.38. The number of aliphatic imine (C=N–C) groups is 1. The number of alkyl halides is 3. The first-order valence-electron chi connectivity index (χ1n) is 8.01. The van der Waals surface area contributed by atoms with Crippen molar-refractivity contribution < 1.29 is 13.2 Å². The van der Waals surface area contributed by atoms with E-state index in [1.807, 2.05) is 12.1 Å². The molecule has 3 rings (SSSR count). The maximum absolute atomic E-state index is 12.6. The number of halogens is 3. The van der Waals surface area contributed by atoms with Gasteiger partial charge in [-0.15, -0.1) is 11.3 Å². The minimum Gasteiger partial charge on any atom is -0.356 e. The molecule has 1 aromatic heterocycles. The Morgan fingerprint density at radius 3 is 2.76 bits per heavy atom. The Labute approximate surface area is 148 Å². The number of guanidine groups is 1. The summed E-state index contributed by atoms with van der Waals surface area (Å²) in [5.74, 6) is 0.766. The van der Waals surface area contributed by atoms with Gasteiger partial charge in [0.15, 0.2) is 11.7 Å². The van der Waals surface area contributed by atoms with Crippen molar-refractivity contribution in [2.45, 2.75) is 25.6 Å². The van der Waals surface area contributed by atoms with Crippen molar-refractivity contribution in [1.29, 1.82) is 0 Å². The molecule has 0 atom stereocenters. The largest absolute Gasteiger partial charge is 0.434 e. The molecule has 0 spiro atoms. The fourth-order valence-electron chi connectivity index (χ4n) is 2.85. The Bertz CT molecular complexity index is 754. The first-order chi connectivity index (χ1) is 12.0. The van der Waals surface area contributed by atoms with E-state index in [0.29, 0.717) is 18.0 Å². The van der Waals surface area contributed by atoms with E-state index < -0.39 is 11.9 Å². The van der Waals surface area contributed by atoms with E-state index in [-0.39, 0.29) is 0 Å². The smallest absolute Gasteiger partial charge is 0.356 e. The third kappa shape index (κ3) is 4.31. The van der Waals surface area contributed by atoms with Gasteiger partial charge in [0.1, 0.15) is 0 Å². The number of nitrogens with zero attached hydrogens (tertiary/aromatic N) is 3. The van der Waals surface area contributed by atoms with Gasteiger partial charge in [-0.05, 0) is 17.5 Å². The number of hydrogen-bond acceptors (Lipinski definition) is 3. The van der Waals surface area contributed by atoms with E-state index >= 15 is 0 Å². The highest BCUT2D eigenvalue weighted by molar-refractivity contribution is 7.09. The fourth-order valence-corrected chi connectivity index (χ4v) is 3.65. The van der Waals surface area contributed by atoms with Crippen molar-refractivity contribution >= 4 is 17.3 Å². The van der Waals surface area contributed by atoms with Gasteiger partial charge in [0.05, 0.1) is 5.01 Å². The molecule has 0 unspecified atom stereocenters. The van der Waals surface area contributed by atoms with Crippen LogP contribution in [0.4, 0.5) is 13.2 Å². The number of fused-ring (bicyclic) bond motifs is 1. The fraction of sp³-hybridized carbons (Fsp3) is 0.412. The average molecular weight is 368 g/mol. The molecule has 25 heavy (non-hydrogen) atoms. The van der Waals surface area contributed by atoms with Crippen molar-refractivity contribution in [1.82, 2.24) is 15.2 Å². The van der Waals surface area contributed by atoms with Crippen LogP contribution in [-0.4, -0.2) is 36.0 Å². The van der Waals surface area contributed by atoms with Crippen LogP contribution in [0, 0.1) is 0 Å². The zero-order valence-corrected chi connectivity index (χ0v) is 14.6. The summed E-state index contributed by atoms with van der Waals surface area (Å²) in [6.07, 6.45) is -2.98. The van der Waals surface area contributed by atoms with Crippen LogP contribution in [0.3, 0.4) is 0 Å². The second-order valence-corrected chi connectivity index (χ2v) is 6.73. The molecule has 0 radical (unpaired) electrons. The number of rotatable bonds is 3. The normalized spacial score (nSPS) is 15.2. The highest BCUT2D eigenvalue weighted by atomic mass is 32.1. The van der Waals surface area contributed by atoms with E-state index in [0.717, 1.165) is 42.2 Å². The van der Waals surface area contributed by atoms with Gasteiger partial charge in [0, 0.05) is 38.5 Å². The quantitative estimate of drug-likeness (QED) is 0.667. The summed E-state index contributed by atoms with van der Waals surface area (Å²) in [4.78, 5) is 10.1. The molecule has 2 heterocycles. The lowest BCUT2D eigenvalue weighted by Crippen LogP contribution is -2.44. The molecule has 1 N–H and O–H groups in total. The summed E-state index contributed by atoms with van der Waals surface area (Å²) in [5.41, 5.74) is 1.83. The predicted molar refractivity (Wildman–Crippen MR) is 92.7 cm³/mol. The lowest BCUT2D eigenvalue weighted by molar-refractivity contribution is -0.140. The summed E-state index contributed by atoms with van der Waals surface area (Å²) in [6, 6.07) is 8.33. The van der Waals surface area contributed by atoms with Crippen molar-refractivity contribution in [2.75, 3.05) is 20.1 Å². The lowest BCUT2D eigenvalue weighted by atomic mass is 10.0. The molecule has 8 heteroatoms. The Balaban J connectivity index is 1.54. The Morgan fingerprint density at radius 1 is 1.32 bits per heavy atom. The molecular weight excluding hydrogens is 349 g/mol. The van der Waals surface area contributed by atoms with Gasteiger partial charge >= 0.3 is 6.18 Å². The van der Waals surface area contributed by atoms with Crippen LogP contribution in [0.1, 0.15) is 21.8 Å². The van der Waals surface area contributed by atoms with Gasteiger partial charge < -0.3 is 10.2 Å². The van der Waals surface area contributed by atoms with Crippen LogP contribution in [0.15, 0.2) is 34.6 Å². The molecule has 0 fully saturated rings. The lowest BCUT2D eigenvalue weighted by Gasteiger charge is -2.31. The predicted octanol–water partition coefficient (Wildman–Crippen LogP) is 3.34. The number of benzene rings is 1. The molecule has 0 aliphatic carbocycles. The van der Waals surface area contributed by atoms with Gasteiger partial charge in [0.2, 0.25) is 0 Å². The van der Waals surface area contributed by atoms with Crippen LogP contribution >= 0.6 is 11.3 Å². The van der Waals surface area contributed by atoms with Crippen LogP contribution in [-0.2, 0) is 25.6 Å². The molecule has 0 bridgehead atoms. The number of hydrogen-bond donors (Lipinski definition) is 1. The number of nitrogens with one attached hydrogen (secondary N) is 1. The Hall–Kier alpha value is -2.09. The van der Waals surface area contributed by atoms with Crippen molar-refractivity contribution in [2.24, 2.45) is 4.99 Å². The average Bonchev–Trinajstić information content (AvgIpc) is 3.08. The van der Waals surface area contributed by atoms with Crippen molar-refractivity contribution in [3.63, 3.8) is 0 Å². The standard InChI is InChI=1S/C17H19F3N4S/c1-21-16(24-9-7-12-4-2-3-5-13(12)10-24)22-8-6-15-23-14(11-25-15)17(18,19)20/h2-5,11H,6-10H2,1H3,(H,21,22). The molecule has 2 aromatic rings. The molecular formula is C17H19F3N4S. The second-order valence-electron chi connectivity index (χ2n) is 5.79. The van der Waals surface area contributed by atoms with Crippen molar-refractivity contribution in [3.8, 4) is 0 Å². The SMILES string of the molecule is CN=C(NCCc1nc(C(F)(F)F)cs1)N1CCc2ccccc2C1. The van der Waals surface area contributed by atoms with Crippen LogP contribution < -0.4 is 5.32 Å². The summed E-state index contributed by atoms with van der Waals surface area (Å²) < 4.78 is 37.7.